The number of carbonyl (C=O) groups excluding carboxylic acids is 1. The van der Waals surface area contributed by atoms with E-state index in [0.717, 1.165) is 0 Å². The maximum atomic E-state index is 11.3. The first-order valence-corrected chi connectivity index (χ1v) is 6.90. The zero-order valence-electron chi connectivity index (χ0n) is 9.26. The van der Waals surface area contributed by atoms with Gasteiger partial charge < -0.3 is 9.64 Å². The fourth-order valence-corrected chi connectivity index (χ4v) is 2.72. The van der Waals surface area contributed by atoms with Gasteiger partial charge >= 0.3 is 6.09 Å². The molecule has 1 aliphatic rings. The molecular formula is C9H17NO5S. The van der Waals surface area contributed by atoms with E-state index in [4.69, 9.17) is 9.29 Å². The van der Waals surface area contributed by atoms with Crippen LogP contribution in [0.4, 0.5) is 4.79 Å². The van der Waals surface area contributed by atoms with Gasteiger partial charge in [0.25, 0.3) is 10.1 Å². The Bertz CT molecular complexity index is 332. The molecule has 94 valence electrons. The second-order valence-corrected chi connectivity index (χ2v) is 5.38. The zero-order chi connectivity index (χ0) is 12.2. The lowest BCUT2D eigenvalue weighted by Gasteiger charge is -2.30. The number of rotatable bonds is 3. The first-order chi connectivity index (χ1) is 7.42. The molecule has 0 saturated carbocycles. The summed E-state index contributed by atoms with van der Waals surface area (Å²) in [5, 5.41) is 0. The van der Waals surface area contributed by atoms with E-state index < -0.39 is 10.1 Å². The Morgan fingerprint density at radius 2 is 2.00 bits per heavy atom. The molecule has 7 heteroatoms. The zero-order valence-corrected chi connectivity index (χ0v) is 10.1. The van der Waals surface area contributed by atoms with Crippen molar-refractivity contribution < 1.29 is 22.5 Å². The van der Waals surface area contributed by atoms with Crippen LogP contribution >= 0.6 is 0 Å². The molecule has 16 heavy (non-hydrogen) atoms. The molecule has 1 amide bonds. The number of hydrogen-bond acceptors (Lipinski definition) is 4. The molecule has 1 aliphatic heterocycles. The molecule has 0 aliphatic carbocycles. The van der Waals surface area contributed by atoms with Crippen molar-refractivity contribution >= 4 is 16.2 Å². The van der Waals surface area contributed by atoms with Crippen molar-refractivity contribution in [3.05, 3.63) is 0 Å². The molecule has 0 aromatic carbocycles. The number of hydrogen-bond donors (Lipinski definition) is 1. The monoisotopic (exact) mass is 251 g/mol. The van der Waals surface area contributed by atoms with Crippen LogP contribution in [-0.4, -0.2) is 49.4 Å². The summed E-state index contributed by atoms with van der Waals surface area (Å²) < 4.78 is 34.9. The summed E-state index contributed by atoms with van der Waals surface area (Å²) in [6, 6.07) is 0. The average molecular weight is 251 g/mol. The topological polar surface area (TPSA) is 83.9 Å². The minimum absolute atomic E-state index is 0.0688. The van der Waals surface area contributed by atoms with E-state index in [1.54, 1.807) is 11.8 Å². The van der Waals surface area contributed by atoms with Gasteiger partial charge in [-0.25, -0.2) is 4.79 Å². The maximum Gasteiger partial charge on any atom is 0.409 e. The van der Waals surface area contributed by atoms with Crippen LogP contribution in [0.1, 0.15) is 19.8 Å². The normalized spacial score (nSPS) is 18.5. The van der Waals surface area contributed by atoms with Crippen molar-refractivity contribution in [3.63, 3.8) is 0 Å². The van der Waals surface area contributed by atoms with Gasteiger partial charge in [-0.2, -0.15) is 8.42 Å². The van der Waals surface area contributed by atoms with Crippen LogP contribution < -0.4 is 0 Å². The van der Waals surface area contributed by atoms with E-state index in [1.165, 1.54) is 0 Å². The Kier molecular flexibility index (Phi) is 4.55. The molecule has 0 radical (unpaired) electrons. The van der Waals surface area contributed by atoms with Gasteiger partial charge in [0.05, 0.1) is 12.4 Å². The van der Waals surface area contributed by atoms with E-state index in [-0.39, 0.29) is 17.8 Å². The Morgan fingerprint density at radius 3 is 2.44 bits per heavy atom. The Labute approximate surface area is 95.3 Å². The number of carbonyl (C=O) groups is 1. The van der Waals surface area contributed by atoms with Crippen LogP contribution in [0.25, 0.3) is 0 Å². The Hall–Kier alpha value is -0.820. The molecule has 1 rings (SSSR count). The molecule has 0 aromatic rings. The molecular weight excluding hydrogens is 234 g/mol. The third-order valence-electron chi connectivity index (χ3n) is 2.59. The third-order valence-corrected chi connectivity index (χ3v) is 3.48. The van der Waals surface area contributed by atoms with Gasteiger partial charge in [-0.1, -0.05) is 0 Å². The van der Waals surface area contributed by atoms with E-state index in [1.807, 2.05) is 0 Å². The standard InChI is InChI=1S/C9H17NO5S/c1-2-15-9(11)10-5-3-8(4-6-10)7-16(12,13)14/h8H,2-7H2,1H3,(H,12,13,14). The Morgan fingerprint density at radius 1 is 1.44 bits per heavy atom. The molecule has 1 heterocycles. The Balaban J connectivity index is 2.37. The number of piperidine rings is 1. The largest absolute Gasteiger partial charge is 0.450 e. The van der Waals surface area contributed by atoms with Crippen LogP contribution in [0.2, 0.25) is 0 Å². The van der Waals surface area contributed by atoms with Crippen LogP contribution in [-0.2, 0) is 14.9 Å². The van der Waals surface area contributed by atoms with Crippen molar-refractivity contribution in [2.45, 2.75) is 19.8 Å². The SMILES string of the molecule is CCOC(=O)N1CCC(CS(=O)(=O)O)CC1. The molecule has 1 saturated heterocycles. The highest BCUT2D eigenvalue weighted by molar-refractivity contribution is 7.85. The fourth-order valence-electron chi connectivity index (χ4n) is 1.79. The van der Waals surface area contributed by atoms with Crippen LogP contribution in [0.15, 0.2) is 0 Å². The number of amides is 1. The average Bonchev–Trinajstić information content (AvgIpc) is 2.16. The van der Waals surface area contributed by atoms with E-state index in [0.29, 0.717) is 32.5 Å². The van der Waals surface area contributed by atoms with E-state index >= 15 is 0 Å². The molecule has 0 bridgehead atoms. The summed E-state index contributed by atoms with van der Waals surface area (Å²) in [7, 11) is -3.91. The van der Waals surface area contributed by atoms with E-state index in [9.17, 15) is 13.2 Å². The molecule has 0 aromatic heterocycles. The summed E-state index contributed by atoms with van der Waals surface area (Å²) >= 11 is 0. The van der Waals surface area contributed by atoms with E-state index in [2.05, 4.69) is 0 Å². The second-order valence-electron chi connectivity index (χ2n) is 3.88. The highest BCUT2D eigenvalue weighted by Crippen LogP contribution is 2.19. The highest BCUT2D eigenvalue weighted by atomic mass is 32.2. The molecule has 0 atom stereocenters. The molecule has 6 nitrogen and oxygen atoms in total. The minimum atomic E-state index is -3.91. The summed E-state index contributed by atoms with van der Waals surface area (Å²) in [4.78, 5) is 12.9. The number of likely N-dealkylation sites (tertiary alicyclic amines) is 1. The lowest BCUT2D eigenvalue weighted by molar-refractivity contribution is 0.0935. The smallest absolute Gasteiger partial charge is 0.409 e. The van der Waals surface area contributed by atoms with Gasteiger partial charge in [0.2, 0.25) is 0 Å². The van der Waals surface area contributed by atoms with Gasteiger partial charge in [-0.05, 0) is 25.7 Å². The summed E-state index contributed by atoms with van der Waals surface area (Å²) in [5.74, 6) is -0.287. The molecule has 1 N–H and O–H groups in total. The maximum absolute atomic E-state index is 11.3. The molecule has 0 unspecified atom stereocenters. The van der Waals surface area contributed by atoms with Crippen LogP contribution in [0.3, 0.4) is 0 Å². The highest BCUT2D eigenvalue weighted by Gasteiger charge is 2.26. The van der Waals surface area contributed by atoms with Crippen molar-refractivity contribution in [2.24, 2.45) is 5.92 Å². The second kappa shape index (κ2) is 5.49. The fraction of sp³-hybridized carbons (Fsp3) is 0.889. The molecule has 1 fully saturated rings. The first-order valence-electron chi connectivity index (χ1n) is 5.29. The summed E-state index contributed by atoms with van der Waals surface area (Å²) in [6.07, 6.45) is 0.810. The van der Waals surface area contributed by atoms with Gasteiger partial charge in [0.15, 0.2) is 0 Å². The first kappa shape index (κ1) is 13.2. The van der Waals surface area contributed by atoms with Crippen LogP contribution in [0.5, 0.6) is 0 Å². The lowest BCUT2D eigenvalue weighted by Crippen LogP contribution is -2.40. The number of nitrogens with zero attached hydrogens (tertiary/aromatic N) is 1. The van der Waals surface area contributed by atoms with Crippen LogP contribution in [0, 0.1) is 5.92 Å². The van der Waals surface area contributed by atoms with Gasteiger partial charge in [0, 0.05) is 13.1 Å². The predicted molar refractivity (Wildman–Crippen MR) is 57.7 cm³/mol. The predicted octanol–water partition coefficient (Wildman–Crippen LogP) is 0.743. The summed E-state index contributed by atoms with van der Waals surface area (Å²) in [6.45, 7) is 3.05. The summed E-state index contributed by atoms with van der Waals surface area (Å²) in [5.41, 5.74) is 0. The molecule has 0 spiro atoms. The van der Waals surface area contributed by atoms with Crippen molar-refractivity contribution in [2.75, 3.05) is 25.4 Å². The number of ether oxygens (including phenoxy) is 1. The minimum Gasteiger partial charge on any atom is -0.450 e. The van der Waals surface area contributed by atoms with Gasteiger partial charge in [-0.15, -0.1) is 0 Å². The van der Waals surface area contributed by atoms with Gasteiger partial charge in [-0.3, -0.25) is 4.55 Å². The third kappa shape index (κ3) is 4.36. The van der Waals surface area contributed by atoms with Gasteiger partial charge in [0.1, 0.15) is 0 Å². The van der Waals surface area contributed by atoms with Crippen molar-refractivity contribution in [1.82, 2.24) is 4.90 Å². The lowest BCUT2D eigenvalue weighted by atomic mass is 9.99. The quantitative estimate of drug-likeness (QED) is 0.748. The van der Waals surface area contributed by atoms with Crippen molar-refractivity contribution in [1.29, 1.82) is 0 Å². The van der Waals surface area contributed by atoms with Crippen molar-refractivity contribution in [3.8, 4) is 0 Å².